The molecule has 1 amide bonds. The van der Waals surface area contributed by atoms with Crippen LogP contribution in [0.25, 0.3) is 22.0 Å². The monoisotopic (exact) mass is 667 g/mol. The lowest BCUT2D eigenvalue weighted by Crippen LogP contribution is -2.41. The highest BCUT2D eigenvalue weighted by atomic mass is 35.5. The summed E-state index contributed by atoms with van der Waals surface area (Å²) < 4.78 is 13.5. The van der Waals surface area contributed by atoms with E-state index in [1.807, 2.05) is 80.3 Å². The van der Waals surface area contributed by atoms with Crippen molar-refractivity contribution >= 4 is 46.1 Å². The third-order valence-electron chi connectivity index (χ3n) is 8.57. The van der Waals surface area contributed by atoms with Crippen molar-refractivity contribution in [2.45, 2.75) is 56.9 Å². The molecule has 0 spiro atoms. The molecule has 0 radical (unpaired) electrons. The number of hydrogen-bond donors (Lipinski definition) is 1. The number of ether oxygens (including phenoxy) is 2. The summed E-state index contributed by atoms with van der Waals surface area (Å²) in [6, 6.07) is 26.4. The van der Waals surface area contributed by atoms with E-state index >= 15 is 0 Å². The second-order valence-electron chi connectivity index (χ2n) is 12.6. The largest absolute Gasteiger partial charge is 0.487 e. The summed E-state index contributed by atoms with van der Waals surface area (Å²) in [6.07, 6.45) is 3.23. The first-order valence-corrected chi connectivity index (χ1v) is 16.9. The molecule has 1 atom stereocenters. The Kier molecular flexibility index (Phi) is 9.62. The summed E-state index contributed by atoms with van der Waals surface area (Å²) in [7, 11) is 1.31. The molecular formula is C38H38ClN3O4S. The van der Waals surface area contributed by atoms with Crippen LogP contribution in [0, 0.1) is 5.41 Å². The third-order valence-corrected chi connectivity index (χ3v) is 10.1. The Balaban J connectivity index is 1.35. The molecule has 1 aliphatic rings. The highest BCUT2D eigenvalue weighted by Crippen LogP contribution is 2.48. The van der Waals surface area contributed by atoms with Crippen LogP contribution in [-0.4, -0.2) is 40.3 Å². The van der Waals surface area contributed by atoms with Crippen LogP contribution in [0.15, 0.2) is 90.0 Å². The molecule has 7 nitrogen and oxygen atoms in total. The van der Waals surface area contributed by atoms with Crippen molar-refractivity contribution in [1.29, 1.82) is 0 Å². The lowest BCUT2D eigenvalue weighted by atomic mass is 9.86. The molecule has 0 fully saturated rings. The van der Waals surface area contributed by atoms with Crippen molar-refractivity contribution in [2.24, 2.45) is 5.41 Å². The Labute approximate surface area is 284 Å². The summed E-state index contributed by atoms with van der Waals surface area (Å²) >= 11 is 8.06. The van der Waals surface area contributed by atoms with E-state index in [2.05, 4.69) is 52.1 Å². The quantitative estimate of drug-likeness (QED) is 0.144. The first-order chi connectivity index (χ1) is 22.6. The molecule has 6 rings (SSSR count). The van der Waals surface area contributed by atoms with Gasteiger partial charge < -0.3 is 19.4 Å². The molecule has 5 aromatic rings. The van der Waals surface area contributed by atoms with Crippen LogP contribution in [0.4, 0.5) is 0 Å². The fraction of sp³-hybridized carbons (Fsp3) is 0.289. The molecule has 47 heavy (non-hydrogen) atoms. The number of hydrogen-bond acceptors (Lipinski definition) is 6. The SMILES string of the molecule is COC(=O)CNC(=O)C(C)(C)Cc1c2c3c(c(OCc4ccc(-c5ccccc5)cn4)ccc3n1Cc1ccc(Cl)cc1)CC(C)S2. The van der Waals surface area contributed by atoms with Gasteiger partial charge in [0.05, 0.1) is 18.3 Å². The van der Waals surface area contributed by atoms with E-state index in [1.54, 1.807) is 0 Å². The van der Waals surface area contributed by atoms with Gasteiger partial charge in [-0.05, 0) is 47.9 Å². The smallest absolute Gasteiger partial charge is 0.325 e. The predicted octanol–water partition coefficient (Wildman–Crippen LogP) is 7.88. The van der Waals surface area contributed by atoms with Crippen LogP contribution in [0.3, 0.4) is 0 Å². The van der Waals surface area contributed by atoms with Crippen LogP contribution in [0.5, 0.6) is 5.75 Å². The maximum atomic E-state index is 13.4. The van der Waals surface area contributed by atoms with Crippen molar-refractivity contribution in [2.75, 3.05) is 13.7 Å². The average Bonchev–Trinajstić information content (AvgIpc) is 3.35. The van der Waals surface area contributed by atoms with Crippen molar-refractivity contribution < 1.29 is 19.1 Å². The summed E-state index contributed by atoms with van der Waals surface area (Å²) in [5, 5.41) is 4.92. The molecule has 2 aromatic heterocycles. The highest BCUT2D eigenvalue weighted by molar-refractivity contribution is 8.00. The van der Waals surface area contributed by atoms with Crippen LogP contribution in [-0.2, 0) is 40.3 Å². The van der Waals surface area contributed by atoms with Gasteiger partial charge in [-0.3, -0.25) is 14.6 Å². The van der Waals surface area contributed by atoms with Crippen LogP contribution in [0.1, 0.15) is 43.3 Å². The van der Waals surface area contributed by atoms with E-state index < -0.39 is 11.4 Å². The summed E-state index contributed by atoms with van der Waals surface area (Å²) in [4.78, 5) is 31.0. The van der Waals surface area contributed by atoms with Crippen molar-refractivity contribution in [3.63, 3.8) is 0 Å². The maximum absolute atomic E-state index is 13.4. The fourth-order valence-electron chi connectivity index (χ4n) is 6.06. The number of nitrogens with zero attached hydrogens (tertiary/aromatic N) is 2. The molecule has 0 bridgehead atoms. The van der Waals surface area contributed by atoms with Gasteiger partial charge in [0, 0.05) is 62.0 Å². The van der Waals surface area contributed by atoms with Gasteiger partial charge in [0.15, 0.2) is 0 Å². The Morgan fingerprint density at radius 2 is 1.79 bits per heavy atom. The van der Waals surface area contributed by atoms with Gasteiger partial charge in [0.2, 0.25) is 5.91 Å². The van der Waals surface area contributed by atoms with Crippen LogP contribution >= 0.6 is 23.4 Å². The van der Waals surface area contributed by atoms with Gasteiger partial charge in [0.1, 0.15) is 18.9 Å². The van der Waals surface area contributed by atoms with Crippen molar-refractivity contribution in [1.82, 2.24) is 14.9 Å². The zero-order chi connectivity index (χ0) is 33.1. The number of methoxy groups -OCH3 is 1. The Morgan fingerprint density at radius 1 is 1.02 bits per heavy atom. The lowest BCUT2D eigenvalue weighted by Gasteiger charge is -2.26. The number of esters is 1. The average molecular weight is 668 g/mol. The zero-order valence-electron chi connectivity index (χ0n) is 27.0. The minimum Gasteiger partial charge on any atom is -0.487 e. The fourth-order valence-corrected chi connectivity index (χ4v) is 7.50. The van der Waals surface area contributed by atoms with Gasteiger partial charge in [-0.2, -0.15) is 0 Å². The summed E-state index contributed by atoms with van der Waals surface area (Å²) in [6.45, 7) is 6.87. The molecule has 242 valence electrons. The molecular weight excluding hydrogens is 630 g/mol. The van der Waals surface area contributed by atoms with E-state index in [0.717, 1.165) is 45.8 Å². The normalized spacial score (nSPS) is 14.2. The Hall–Kier alpha value is -4.27. The lowest BCUT2D eigenvalue weighted by molar-refractivity contribution is -0.142. The number of benzene rings is 3. The van der Waals surface area contributed by atoms with Crippen molar-refractivity contribution in [3.05, 3.63) is 113 Å². The third kappa shape index (κ3) is 7.19. The highest BCUT2D eigenvalue weighted by Gasteiger charge is 2.35. The van der Waals surface area contributed by atoms with Gasteiger partial charge in [-0.1, -0.05) is 80.9 Å². The minimum absolute atomic E-state index is 0.167. The second kappa shape index (κ2) is 13.8. The molecule has 9 heteroatoms. The van der Waals surface area contributed by atoms with Gasteiger partial charge in [-0.25, -0.2) is 0 Å². The number of aromatic nitrogens is 2. The van der Waals surface area contributed by atoms with E-state index in [1.165, 1.54) is 23.0 Å². The summed E-state index contributed by atoms with van der Waals surface area (Å²) in [5.41, 5.74) is 6.72. The molecule has 1 aliphatic heterocycles. The topological polar surface area (TPSA) is 82.4 Å². The van der Waals surface area contributed by atoms with Gasteiger partial charge in [-0.15, -0.1) is 11.8 Å². The molecule has 1 N–H and O–H groups in total. The molecule has 1 unspecified atom stereocenters. The van der Waals surface area contributed by atoms with Gasteiger partial charge in [0.25, 0.3) is 0 Å². The maximum Gasteiger partial charge on any atom is 0.325 e. The van der Waals surface area contributed by atoms with E-state index in [0.29, 0.717) is 29.8 Å². The first-order valence-electron chi connectivity index (χ1n) is 15.7. The number of amides is 1. The Morgan fingerprint density at radius 3 is 2.49 bits per heavy atom. The number of rotatable bonds is 11. The minimum atomic E-state index is -0.797. The van der Waals surface area contributed by atoms with Crippen LogP contribution in [0.2, 0.25) is 5.02 Å². The van der Waals surface area contributed by atoms with E-state index in [4.69, 9.17) is 21.1 Å². The Bertz CT molecular complexity index is 1900. The molecule has 0 saturated carbocycles. The zero-order valence-corrected chi connectivity index (χ0v) is 28.6. The standard InChI is InChI=1S/C38H38ClN3O4S/c1-24-18-30-33(46-23-29-15-12-27(20-40-29)26-8-6-5-7-9-26)17-16-31-35(30)36(47-24)32(42(31)22-25-10-13-28(39)14-11-25)19-38(2,3)37(44)41-21-34(43)45-4/h5-17,20,24H,18-19,21-23H2,1-4H3,(H,41,44). The predicted molar refractivity (Wildman–Crippen MR) is 188 cm³/mol. The number of nitrogens with one attached hydrogen (secondary N) is 1. The second-order valence-corrected chi connectivity index (χ2v) is 14.5. The number of carbonyl (C=O) groups is 2. The molecule has 3 heterocycles. The first kappa shape index (κ1) is 32.7. The molecule has 3 aromatic carbocycles. The number of halogens is 1. The molecule has 0 aliphatic carbocycles. The van der Waals surface area contributed by atoms with Gasteiger partial charge >= 0.3 is 5.97 Å². The van der Waals surface area contributed by atoms with Crippen molar-refractivity contribution in [3.8, 4) is 16.9 Å². The molecule has 0 saturated heterocycles. The number of thioether (sulfide) groups is 1. The number of pyridine rings is 1. The van der Waals surface area contributed by atoms with E-state index in [-0.39, 0.29) is 12.5 Å². The van der Waals surface area contributed by atoms with E-state index in [9.17, 15) is 9.59 Å². The number of carbonyl (C=O) groups excluding carboxylic acids is 2. The summed E-state index contributed by atoms with van der Waals surface area (Å²) in [5.74, 6) is 0.164. The van der Waals surface area contributed by atoms with Crippen LogP contribution < -0.4 is 10.1 Å².